The van der Waals surface area contributed by atoms with Gasteiger partial charge in [-0.1, -0.05) is 6.07 Å². The number of ether oxygens (including phenoxy) is 1. The van der Waals surface area contributed by atoms with E-state index in [2.05, 4.69) is 0 Å². The quantitative estimate of drug-likeness (QED) is 0.808. The summed E-state index contributed by atoms with van der Waals surface area (Å²) in [6, 6.07) is 5.08. The van der Waals surface area contributed by atoms with Gasteiger partial charge in [-0.15, -0.1) is 11.6 Å². The van der Waals surface area contributed by atoms with Gasteiger partial charge in [0.1, 0.15) is 0 Å². The van der Waals surface area contributed by atoms with E-state index in [4.69, 9.17) is 16.3 Å². The van der Waals surface area contributed by atoms with Gasteiger partial charge in [0.15, 0.2) is 11.5 Å². The topological polar surface area (TPSA) is 49.8 Å². The van der Waals surface area contributed by atoms with Crippen LogP contribution in [0.1, 0.15) is 18.9 Å². The molecule has 1 rings (SSSR count). The van der Waals surface area contributed by atoms with Gasteiger partial charge in [-0.05, 0) is 24.6 Å². The number of hydrogen-bond donors (Lipinski definition) is 1. The Morgan fingerprint density at radius 1 is 1.50 bits per heavy atom. The number of phenols is 1. The summed E-state index contributed by atoms with van der Waals surface area (Å²) in [4.78, 5) is 13.2. The van der Waals surface area contributed by atoms with Gasteiger partial charge >= 0.3 is 0 Å². The number of rotatable bonds is 6. The molecule has 1 amide bonds. The van der Waals surface area contributed by atoms with Crippen LogP contribution >= 0.6 is 11.6 Å². The molecular formula is C13H18ClNO3. The molecule has 0 saturated carbocycles. The number of carbonyl (C=O) groups excluding carboxylic acids is 1. The third kappa shape index (κ3) is 4.11. The summed E-state index contributed by atoms with van der Waals surface area (Å²) in [7, 11) is 1.72. The van der Waals surface area contributed by atoms with Crippen molar-refractivity contribution in [3.63, 3.8) is 0 Å². The highest BCUT2D eigenvalue weighted by Gasteiger charge is 2.10. The van der Waals surface area contributed by atoms with Crippen molar-refractivity contribution in [3.05, 3.63) is 23.8 Å². The molecule has 5 heteroatoms. The smallest absolute Gasteiger partial charge is 0.223 e. The summed E-state index contributed by atoms with van der Waals surface area (Å²) >= 11 is 5.53. The zero-order chi connectivity index (χ0) is 13.5. The van der Waals surface area contributed by atoms with Crippen LogP contribution in [-0.2, 0) is 11.3 Å². The maximum absolute atomic E-state index is 11.6. The predicted molar refractivity (Wildman–Crippen MR) is 71.1 cm³/mol. The summed E-state index contributed by atoms with van der Waals surface area (Å²) in [5.74, 6) is 0.864. The van der Waals surface area contributed by atoms with E-state index in [9.17, 15) is 9.90 Å². The van der Waals surface area contributed by atoms with Crippen LogP contribution in [0.15, 0.2) is 18.2 Å². The van der Waals surface area contributed by atoms with Crippen molar-refractivity contribution in [1.82, 2.24) is 4.90 Å². The fraction of sp³-hybridized carbons (Fsp3) is 0.462. The van der Waals surface area contributed by atoms with Gasteiger partial charge in [0, 0.05) is 25.9 Å². The van der Waals surface area contributed by atoms with Crippen molar-refractivity contribution in [2.75, 3.05) is 19.5 Å². The molecule has 0 heterocycles. The molecule has 18 heavy (non-hydrogen) atoms. The number of amides is 1. The van der Waals surface area contributed by atoms with Crippen LogP contribution in [0.4, 0.5) is 0 Å². The maximum Gasteiger partial charge on any atom is 0.223 e. The first-order chi connectivity index (χ1) is 8.58. The van der Waals surface area contributed by atoms with E-state index in [1.54, 1.807) is 30.1 Å². The highest BCUT2D eigenvalue weighted by atomic mass is 35.5. The summed E-state index contributed by atoms with van der Waals surface area (Å²) in [6.07, 6.45) is 0.328. The number of aromatic hydroxyl groups is 1. The Bertz CT molecular complexity index is 409. The molecule has 0 aliphatic rings. The van der Waals surface area contributed by atoms with E-state index >= 15 is 0 Å². The zero-order valence-electron chi connectivity index (χ0n) is 10.6. The second kappa shape index (κ2) is 7.11. The Balaban J connectivity index is 2.72. The molecule has 0 saturated heterocycles. The van der Waals surface area contributed by atoms with Crippen molar-refractivity contribution in [1.29, 1.82) is 0 Å². The van der Waals surface area contributed by atoms with Gasteiger partial charge in [-0.3, -0.25) is 4.79 Å². The fourth-order valence-corrected chi connectivity index (χ4v) is 1.72. The molecule has 0 radical (unpaired) electrons. The molecule has 0 aromatic heterocycles. The highest BCUT2D eigenvalue weighted by Crippen LogP contribution is 2.27. The molecule has 0 unspecified atom stereocenters. The molecule has 1 N–H and O–H groups in total. The van der Waals surface area contributed by atoms with E-state index < -0.39 is 0 Å². The number of halogens is 1. The average Bonchev–Trinajstić information content (AvgIpc) is 2.34. The average molecular weight is 272 g/mol. The monoisotopic (exact) mass is 271 g/mol. The van der Waals surface area contributed by atoms with Crippen molar-refractivity contribution < 1.29 is 14.6 Å². The first-order valence-electron chi connectivity index (χ1n) is 5.83. The Hall–Kier alpha value is -1.42. The lowest BCUT2D eigenvalue weighted by atomic mass is 10.2. The van der Waals surface area contributed by atoms with Crippen LogP contribution in [0.3, 0.4) is 0 Å². The standard InChI is InChI=1S/C13H18ClNO3/c1-3-18-12-8-10(4-5-11(12)16)9-15(2)13(17)6-7-14/h4-5,8,16H,3,6-7,9H2,1-2H3. The molecule has 0 aliphatic heterocycles. The van der Waals surface area contributed by atoms with Crippen LogP contribution in [0.2, 0.25) is 0 Å². The molecule has 0 atom stereocenters. The number of alkyl halides is 1. The number of phenolic OH excluding ortho intramolecular Hbond substituents is 1. The fourth-order valence-electron chi connectivity index (χ4n) is 1.56. The van der Waals surface area contributed by atoms with Crippen molar-refractivity contribution in [2.24, 2.45) is 0 Å². The van der Waals surface area contributed by atoms with Gasteiger partial charge in [0.05, 0.1) is 6.61 Å². The second-order valence-electron chi connectivity index (χ2n) is 3.92. The summed E-state index contributed by atoms with van der Waals surface area (Å²) in [6.45, 7) is 2.80. The van der Waals surface area contributed by atoms with Gasteiger partial charge in [0.2, 0.25) is 5.91 Å². The van der Waals surface area contributed by atoms with E-state index in [0.29, 0.717) is 31.2 Å². The number of nitrogens with zero attached hydrogens (tertiary/aromatic N) is 1. The third-order valence-electron chi connectivity index (χ3n) is 2.48. The number of benzene rings is 1. The largest absolute Gasteiger partial charge is 0.504 e. The molecular weight excluding hydrogens is 254 g/mol. The van der Waals surface area contributed by atoms with E-state index in [0.717, 1.165) is 5.56 Å². The lowest BCUT2D eigenvalue weighted by Gasteiger charge is -2.17. The molecule has 0 spiro atoms. The zero-order valence-corrected chi connectivity index (χ0v) is 11.4. The van der Waals surface area contributed by atoms with Gasteiger partial charge in [0.25, 0.3) is 0 Å². The highest BCUT2D eigenvalue weighted by molar-refractivity contribution is 6.18. The Kier molecular flexibility index (Phi) is 5.78. The van der Waals surface area contributed by atoms with E-state index in [1.165, 1.54) is 0 Å². The second-order valence-corrected chi connectivity index (χ2v) is 4.30. The van der Waals surface area contributed by atoms with E-state index in [1.807, 2.05) is 6.92 Å². The summed E-state index contributed by atoms with van der Waals surface area (Å²) in [5, 5.41) is 9.57. The molecule has 0 bridgehead atoms. The lowest BCUT2D eigenvalue weighted by Crippen LogP contribution is -2.26. The molecule has 1 aromatic carbocycles. The molecule has 1 aromatic rings. The van der Waals surface area contributed by atoms with E-state index in [-0.39, 0.29) is 11.7 Å². The van der Waals surface area contributed by atoms with Gasteiger partial charge in [-0.2, -0.15) is 0 Å². The molecule has 100 valence electrons. The Labute approximate surface area is 112 Å². The van der Waals surface area contributed by atoms with Crippen molar-refractivity contribution in [3.8, 4) is 11.5 Å². The van der Waals surface area contributed by atoms with Crippen molar-refractivity contribution in [2.45, 2.75) is 19.9 Å². The van der Waals surface area contributed by atoms with Crippen LogP contribution in [-0.4, -0.2) is 35.4 Å². The van der Waals surface area contributed by atoms with Crippen LogP contribution in [0.25, 0.3) is 0 Å². The number of carbonyl (C=O) groups is 1. The van der Waals surface area contributed by atoms with Crippen LogP contribution in [0.5, 0.6) is 11.5 Å². The minimum atomic E-state index is -0.00367. The van der Waals surface area contributed by atoms with Gasteiger partial charge < -0.3 is 14.7 Å². The first-order valence-corrected chi connectivity index (χ1v) is 6.36. The third-order valence-corrected chi connectivity index (χ3v) is 2.67. The lowest BCUT2D eigenvalue weighted by molar-refractivity contribution is -0.129. The van der Waals surface area contributed by atoms with Gasteiger partial charge in [-0.25, -0.2) is 0 Å². The van der Waals surface area contributed by atoms with Crippen LogP contribution < -0.4 is 4.74 Å². The maximum atomic E-state index is 11.6. The number of hydrogen-bond acceptors (Lipinski definition) is 3. The summed E-state index contributed by atoms with van der Waals surface area (Å²) < 4.78 is 5.29. The SMILES string of the molecule is CCOc1cc(CN(C)C(=O)CCCl)ccc1O. The van der Waals surface area contributed by atoms with Crippen molar-refractivity contribution >= 4 is 17.5 Å². The first kappa shape index (κ1) is 14.6. The molecule has 0 fully saturated rings. The molecule has 4 nitrogen and oxygen atoms in total. The predicted octanol–water partition coefficient (Wildman–Crippen LogP) is 2.38. The summed E-state index contributed by atoms with van der Waals surface area (Å²) in [5.41, 5.74) is 0.904. The van der Waals surface area contributed by atoms with Crippen LogP contribution in [0, 0.1) is 0 Å². The Morgan fingerprint density at radius 3 is 2.83 bits per heavy atom. The minimum Gasteiger partial charge on any atom is -0.504 e. The normalized spacial score (nSPS) is 10.2. The minimum absolute atomic E-state index is 0.00367. The molecule has 0 aliphatic carbocycles. The Morgan fingerprint density at radius 2 is 2.22 bits per heavy atom.